The van der Waals surface area contributed by atoms with Crippen molar-refractivity contribution < 1.29 is 9.21 Å². The number of carbonyl (C=O) groups is 1. The van der Waals surface area contributed by atoms with Crippen LogP contribution in [0.15, 0.2) is 16.5 Å². The molecule has 1 aromatic rings. The molecule has 3 heteroatoms. The highest BCUT2D eigenvalue weighted by Crippen LogP contribution is 2.22. The van der Waals surface area contributed by atoms with E-state index in [0.717, 1.165) is 6.42 Å². The van der Waals surface area contributed by atoms with Crippen LogP contribution in [-0.4, -0.2) is 5.78 Å². The van der Waals surface area contributed by atoms with E-state index < -0.39 is 0 Å². The van der Waals surface area contributed by atoms with Crippen molar-refractivity contribution in [2.45, 2.75) is 40.2 Å². The first-order valence-corrected chi connectivity index (χ1v) is 5.24. The first-order valence-electron chi connectivity index (χ1n) is 5.24. The standard InChI is InChI=1S/C12H19NO2/c1-12(2,3)7-6-10(14)11-5-4-9(8-13)15-11/h4-5H,6-8,13H2,1-3H3. The largest absolute Gasteiger partial charge is 0.457 e. The van der Waals surface area contributed by atoms with Gasteiger partial charge in [0, 0.05) is 6.42 Å². The number of nitrogens with two attached hydrogens (primary N) is 1. The topological polar surface area (TPSA) is 56.2 Å². The molecule has 0 atom stereocenters. The van der Waals surface area contributed by atoms with Crippen molar-refractivity contribution in [3.05, 3.63) is 23.7 Å². The Morgan fingerprint density at radius 3 is 2.53 bits per heavy atom. The molecule has 1 rings (SSSR count). The molecule has 0 aliphatic heterocycles. The minimum atomic E-state index is 0.0598. The van der Waals surface area contributed by atoms with Gasteiger partial charge in [-0.2, -0.15) is 0 Å². The average molecular weight is 209 g/mol. The molecule has 15 heavy (non-hydrogen) atoms. The molecule has 0 fully saturated rings. The van der Waals surface area contributed by atoms with Crippen LogP contribution >= 0.6 is 0 Å². The molecular weight excluding hydrogens is 190 g/mol. The van der Waals surface area contributed by atoms with Crippen molar-refractivity contribution in [1.29, 1.82) is 0 Å². The van der Waals surface area contributed by atoms with Crippen molar-refractivity contribution >= 4 is 5.78 Å². The fourth-order valence-electron chi connectivity index (χ4n) is 1.25. The Balaban J connectivity index is 2.54. The Kier molecular flexibility index (Phi) is 3.69. The van der Waals surface area contributed by atoms with Crippen molar-refractivity contribution in [3.63, 3.8) is 0 Å². The van der Waals surface area contributed by atoms with E-state index in [1.54, 1.807) is 12.1 Å². The summed E-state index contributed by atoms with van der Waals surface area (Å²) in [7, 11) is 0. The average Bonchev–Trinajstić information content (AvgIpc) is 2.61. The molecule has 1 aromatic heterocycles. The summed E-state index contributed by atoms with van der Waals surface area (Å²) in [5, 5.41) is 0. The quantitative estimate of drug-likeness (QED) is 0.776. The number of ketones is 1. The molecular formula is C12H19NO2. The van der Waals surface area contributed by atoms with Crippen molar-refractivity contribution in [2.24, 2.45) is 11.1 Å². The van der Waals surface area contributed by atoms with Gasteiger partial charge in [-0.25, -0.2) is 0 Å². The number of rotatable bonds is 4. The third-order valence-electron chi connectivity index (χ3n) is 2.24. The Bertz CT molecular complexity index is 334. The molecule has 0 aliphatic carbocycles. The van der Waals surface area contributed by atoms with Crippen LogP contribution < -0.4 is 5.73 Å². The predicted octanol–water partition coefficient (Wildman–Crippen LogP) is 2.75. The highest BCUT2D eigenvalue weighted by atomic mass is 16.3. The zero-order chi connectivity index (χ0) is 11.5. The number of carbonyl (C=O) groups excluding carboxylic acids is 1. The van der Waals surface area contributed by atoms with E-state index in [0.29, 0.717) is 24.5 Å². The smallest absolute Gasteiger partial charge is 0.198 e. The van der Waals surface area contributed by atoms with Gasteiger partial charge in [-0.05, 0) is 24.0 Å². The number of Topliss-reactive ketones (excluding diaryl/α,β-unsaturated/α-hetero) is 1. The van der Waals surface area contributed by atoms with Gasteiger partial charge in [-0.15, -0.1) is 0 Å². The number of furan rings is 1. The van der Waals surface area contributed by atoms with E-state index in [4.69, 9.17) is 10.2 Å². The van der Waals surface area contributed by atoms with E-state index in [-0.39, 0.29) is 11.2 Å². The second kappa shape index (κ2) is 4.62. The molecule has 0 unspecified atom stereocenters. The SMILES string of the molecule is CC(C)(C)CCC(=O)c1ccc(CN)o1. The van der Waals surface area contributed by atoms with E-state index in [9.17, 15) is 4.79 Å². The zero-order valence-corrected chi connectivity index (χ0v) is 9.67. The van der Waals surface area contributed by atoms with Crippen LogP contribution in [0.3, 0.4) is 0 Å². The first kappa shape index (κ1) is 12.0. The van der Waals surface area contributed by atoms with Crippen LogP contribution in [0.5, 0.6) is 0 Å². The van der Waals surface area contributed by atoms with Gasteiger partial charge < -0.3 is 10.2 Å². The van der Waals surface area contributed by atoms with Crippen LogP contribution in [0.2, 0.25) is 0 Å². The first-order chi connectivity index (χ1) is 6.92. The second-order valence-corrected chi connectivity index (χ2v) is 4.95. The van der Waals surface area contributed by atoms with E-state index in [2.05, 4.69) is 20.8 Å². The highest BCUT2D eigenvalue weighted by molar-refractivity contribution is 5.93. The van der Waals surface area contributed by atoms with Gasteiger partial charge in [-0.1, -0.05) is 20.8 Å². The Labute approximate surface area is 90.6 Å². The lowest BCUT2D eigenvalue weighted by atomic mass is 9.89. The summed E-state index contributed by atoms with van der Waals surface area (Å²) in [5.41, 5.74) is 5.58. The molecule has 3 nitrogen and oxygen atoms in total. The molecule has 0 radical (unpaired) electrons. The van der Waals surface area contributed by atoms with E-state index in [1.807, 2.05) is 0 Å². The van der Waals surface area contributed by atoms with Gasteiger partial charge in [-0.3, -0.25) is 4.79 Å². The minimum absolute atomic E-state index is 0.0598. The lowest BCUT2D eigenvalue weighted by molar-refractivity contribution is 0.0937. The van der Waals surface area contributed by atoms with Gasteiger partial charge >= 0.3 is 0 Å². The van der Waals surface area contributed by atoms with Crippen LogP contribution in [0.1, 0.15) is 49.9 Å². The lowest BCUT2D eigenvalue weighted by Crippen LogP contribution is -2.08. The Morgan fingerprint density at radius 2 is 2.07 bits per heavy atom. The molecule has 0 spiro atoms. The van der Waals surface area contributed by atoms with Crippen LogP contribution in [-0.2, 0) is 6.54 Å². The van der Waals surface area contributed by atoms with Crippen molar-refractivity contribution in [1.82, 2.24) is 0 Å². The second-order valence-electron chi connectivity index (χ2n) is 4.95. The molecule has 0 bridgehead atoms. The summed E-state index contributed by atoms with van der Waals surface area (Å²) in [4.78, 5) is 11.7. The van der Waals surface area contributed by atoms with Crippen molar-refractivity contribution in [3.8, 4) is 0 Å². The lowest BCUT2D eigenvalue weighted by Gasteiger charge is -2.16. The molecule has 0 saturated carbocycles. The molecule has 0 aliphatic rings. The molecule has 0 aromatic carbocycles. The Morgan fingerprint density at radius 1 is 1.40 bits per heavy atom. The number of hydrogen-bond acceptors (Lipinski definition) is 3. The summed E-state index contributed by atoms with van der Waals surface area (Å²) in [6.07, 6.45) is 1.39. The van der Waals surface area contributed by atoms with Crippen LogP contribution in [0.4, 0.5) is 0 Å². The van der Waals surface area contributed by atoms with Crippen LogP contribution in [0.25, 0.3) is 0 Å². The molecule has 2 N–H and O–H groups in total. The predicted molar refractivity (Wildman–Crippen MR) is 59.6 cm³/mol. The summed E-state index contributed by atoms with van der Waals surface area (Å²) < 4.78 is 5.29. The number of hydrogen-bond donors (Lipinski definition) is 1. The summed E-state index contributed by atoms with van der Waals surface area (Å²) >= 11 is 0. The fourth-order valence-corrected chi connectivity index (χ4v) is 1.25. The van der Waals surface area contributed by atoms with Crippen LogP contribution in [0, 0.1) is 5.41 Å². The summed E-state index contributed by atoms with van der Waals surface area (Å²) in [6, 6.07) is 3.46. The van der Waals surface area contributed by atoms with Gasteiger partial charge in [0.1, 0.15) is 5.76 Å². The molecule has 0 amide bonds. The third kappa shape index (κ3) is 3.88. The third-order valence-corrected chi connectivity index (χ3v) is 2.24. The van der Waals surface area contributed by atoms with Crippen molar-refractivity contribution in [2.75, 3.05) is 0 Å². The molecule has 0 saturated heterocycles. The van der Waals surface area contributed by atoms with Gasteiger partial charge in [0.15, 0.2) is 11.5 Å². The summed E-state index contributed by atoms with van der Waals surface area (Å²) in [6.45, 7) is 6.70. The van der Waals surface area contributed by atoms with Gasteiger partial charge in [0.2, 0.25) is 0 Å². The van der Waals surface area contributed by atoms with E-state index in [1.165, 1.54) is 0 Å². The highest BCUT2D eigenvalue weighted by Gasteiger charge is 2.16. The molecule has 1 heterocycles. The normalized spacial score (nSPS) is 11.7. The maximum absolute atomic E-state index is 11.7. The summed E-state index contributed by atoms with van der Waals surface area (Å²) in [5.74, 6) is 1.15. The van der Waals surface area contributed by atoms with E-state index >= 15 is 0 Å². The zero-order valence-electron chi connectivity index (χ0n) is 9.67. The van der Waals surface area contributed by atoms with Gasteiger partial charge in [0.05, 0.1) is 6.54 Å². The maximum Gasteiger partial charge on any atom is 0.198 e. The Hall–Kier alpha value is -1.09. The van der Waals surface area contributed by atoms with Gasteiger partial charge in [0.25, 0.3) is 0 Å². The minimum Gasteiger partial charge on any atom is -0.457 e. The maximum atomic E-state index is 11.7. The monoisotopic (exact) mass is 209 g/mol. The fraction of sp³-hybridized carbons (Fsp3) is 0.583. The molecule has 84 valence electrons.